The van der Waals surface area contributed by atoms with Crippen LogP contribution in [0.2, 0.25) is 0 Å². The van der Waals surface area contributed by atoms with Gasteiger partial charge in [-0.25, -0.2) is 9.97 Å². The van der Waals surface area contributed by atoms with Gasteiger partial charge in [-0.3, -0.25) is 4.79 Å². The lowest BCUT2D eigenvalue weighted by Crippen LogP contribution is -2.34. The SMILES string of the molecule is COc1ccc2c(c1)OC(C)(C)c1nc3nc4c(c(=O)n3nc1-2)CCC4. The van der Waals surface area contributed by atoms with Crippen LogP contribution in [0.4, 0.5) is 0 Å². The van der Waals surface area contributed by atoms with Crippen molar-refractivity contribution in [3.63, 3.8) is 0 Å². The molecule has 0 atom stereocenters. The summed E-state index contributed by atoms with van der Waals surface area (Å²) in [4.78, 5) is 22.1. The first-order valence-corrected chi connectivity index (χ1v) is 8.69. The van der Waals surface area contributed by atoms with Crippen LogP contribution in [0.1, 0.15) is 37.2 Å². The van der Waals surface area contributed by atoms with Gasteiger partial charge < -0.3 is 9.47 Å². The summed E-state index contributed by atoms with van der Waals surface area (Å²) in [6, 6.07) is 5.56. The summed E-state index contributed by atoms with van der Waals surface area (Å²) in [7, 11) is 1.61. The summed E-state index contributed by atoms with van der Waals surface area (Å²) in [5, 5.41) is 4.64. The molecule has 0 saturated heterocycles. The van der Waals surface area contributed by atoms with Crippen LogP contribution in [-0.4, -0.2) is 26.7 Å². The summed E-state index contributed by atoms with van der Waals surface area (Å²) in [6.07, 6.45) is 2.53. The van der Waals surface area contributed by atoms with Crippen LogP contribution in [-0.2, 0) is 18.4 Å². The second-order valence-corrected chi connectivity index (χ2v) is 7.19. The van der Waals surface area contributed by atoms with Gasteiger partial charge in [-0.15, -0.1) is 0 Å². The number of hydrogen-bond donors (Lipinski definition) is 0. The summed E-state index contributed by atoms with van der Waals surface area (Å²) in [5.74, 6) is 1.70. The predicted octanol–water partition coefficient (Wildman–Crippen LogP) is 2.28. The molecule has 0 radical (unpaired) electrons. The smallest absolute Gasteiger partial charge is 0.279 e. The Labute approximate surface area is 149 Å². The van der Waals surface area contributed by atoms with Gasteiger partial charge in [-0.2, -0.15) is 9.61 Å². The Bertz CT molecular complexity index is 1130. The molecule has 132 valence electrons. The van der Waals surface area contributed by atoms with Crippen molar-refractivity contribution in [2.24, 2.45) is 0 Å². The Morgan fingerprint density at radius 2 is 2.08 bits per heavy atom. The first kappa shape index (κ1) is 15.3. The van der Waals surface area contributed by atoms with Crippen LogP contribution >= 0.6 is 0 Å². The lowest BCUT2D eigenvalue weighted by Gasteiger charge is -2.33. The standard InChI is InChI=1S/C19H18N4O3/c1-19(2)16-15(12-8-7-10(25-3)9-14(12)26-19)22-23-17(24)11-5-4-6-13(11)20-18(23)21-16/h7-9H,4-6H2,1-3H3. The van der Waals surface area contributed by atoms with Crippen LogP contribution in [0.25, 0.3) is 17.0 Å². The van der Waals surface area contributed by atoms with Crippen LogP contribution in [0.3, 0.4) is 0 Å². The molecular formula is C19H18N4O3. The van der Waals surface area contributed by atoms with Crippen LogP contribution < -0.4 is 15.0 Å². The number of benzene rings is 1. The predicted molar refractivity (Wildman–Crippen MR) is 94.7 cm³/mol. The second-order valence-electron chi connectivity index (χ2n) is 7.19. The van der Waals surface area contributed by atoms with Gasteiger partial charge in [0.2, 0.25) is 0 Å². The van der Waals surface area contributed by atoms with Crippen molar-refractivity contribution < 1.29 is 9.47 Å². The number of aromatic nitrogens is 4. The Balaban J connectivity index is 1.84. The minimum Gasteiger partial charge on any atom is -0.497 e. The normalized spacial score (nSPS) is 16.6. The third-order valence-corrected chi connectivity index (χ3v) is 5.08. The molecule has 0 bridgehead atoms. The number of methoxy groups -OCH3 is 1. The molecule has 1 aliphatic heterocycles. The van der Waals surface area contributed by atoms with Gasteiger partial charge in [0.05, 0.1) is 12.8 Å². The van der Waals surface area contributed by atoms with Gasteiger partial charge in [0.25, 0.3) is 11.3 Å². The Hall–Kier alpha value is -2.96. The monoisotopic (exact) mass is 350 g/mol. The molecule has 7 nitrogen and oxygen atoms in total. The van der Waals surface area contributed by atoms with E-state index in [4.69, 9.17) is 9.47 Å². The number of hydrogen-bond acceptors (Lipinski definition) is 6. The number of ether oxygens (including phenoxy) is 2. The summed E-state index contributed by atoms with van der Waals surface area (Å²) < 4.78 is 12.8. The van der Waals surface area contributed by atoms with E-state index in [9.17, 15) is 4.79 Å². The zero-order chi connectivity index (χ0) is 18.1. The molecule has 0 saturated carbocycles. The van der Waals surface area contributed by atoms with E-state index in [0.717, 1.165) is 36.1 Å². The lowest BCUT2D eigenvalue weighted by molar-refractivity contribution is 0.0994. The number of fused-ring (bicyclic) bond motifs is 5. The largest absolute Gasteiger partial charge is 0.497 e. The summed E-state index contributed by atoms with van der Waals surface area (Å²) in [6.45, 7) is 3.87. The van der Waals surface area contributed by atoms with Gasteiger partial charge in [-0.05, 0) is 45.2 Å². The molecule has 3 aromatic rings. The highest BCUT2D eigenvalue weighted by Crippen LogP contribution is 2.44. The fourth-order valence-electron chi connectivity index (χ4n) is 3.77. The van der Waals surface area contributed by atoms with Crippen LogP contribution in [0, 0.1) is 0 Å². The maximum Gasteiger partial charge on any atom is 0.279 e. The average molecular weight is 350 g/mol. The molecule has 0 unspecified atom stereocenters. The molecule has 1 aromatic carbocycles. The third-order valence-electron chi connectivity index (χ3n) is 5.08. The number of aryl methyl sites for hydroxylation is 1. The fourth-order valence-corrected chi connectivity index (χ4v) is 3.77. The van der Waals surface area contributed by atoms with Crippen molar-refractivity contribution in [2.45, 2.75) is 38.7 Å². The fraction of sp³-hybridized carbons (Fsp3) is 0.368. The third kappa shape index (κ3) is 2.00. The molecular weight excluding hydrogens is 332 g/mol. The number of nitrogens with zero attached hydrogens (tertiary/aromatic N) is 4. The molecule has 1 aliphatic carbocycles. The molecule has 2 aromatic heterocycles. The molecule has 2 aliphatic rings. The summed E-state index contributed by atoms with van der Waals surface area (Å²) in [5.41, 5.74) is 2.93. The Kier molecular flexibility index (Phi) is 2.96. The molecule has 0 spiro atoms. The van der Waals surface area contributed by atoms with Crippen molar-refractivity contribution in [3.05, 3.63) is 45.5 Å². The summed E-state index contributed by atoms with van der Waals surface area (Å²) >= 11 is 0. The van der Waals surface area contributed by atoms with Gasteiger partial charge >= 0.3 is 0 Å². The van der Waals surface area contributed by atoms with E-state index in [0.29, 0.717) is 28.7 Å². The highest BCUT2D eigenvalue weighted by Gasteiger charge is 2.37. The highest BCUT2D eigenvalue weighted by molar-refractivity contribution is 5.73. The Morgan fingerprint density at radius 1 is 1.23 bits per heavy atom. The molecule has 26 heavy (non-hydrogen) atoms. The van der Waals surface area contributed by atoms with E-state index < -0.39 is 5.60 Å². The van der Waals surface area contributed by atoms with Gasteiger partial charge in [-0.1, -0.05) is 0 Å². The zero-order valence-corrected chi connectivity index (χ0v) is 14.9. The van der Waals surface area contributed by atoms with E-state index in [2.05, 4.69) is 15.1 Å². The minimum atomic E-state index is -0.694. The van der Waals surface area contributed by atoms with E-state index in [1.807, 2.05) is 32.0 Å². The average Bonchev–Trinajstić information content (AvgIpc) is 3.09. The second kappa shape index (κ2) is 5.03. The van der Waals surface area contributed by atoms with Gasteiger partial charge in [0.15, 0.2) is 0 Å². The Morgan fingerprint density at radius 3 is 2.88 bits per heavy atom. The molecule has 7 heteroatoms. The molecule has 0 fully saturated rings. The number of rotatable bonds is 1. The van der Waals surface area contributed by atoms with Crippen LogP contribution in [0.15, 0.2) is 23.0 Å². The maximum absolute atomic E-state index is 12.8. The maximum atomic E-state index is 12.8. The zero-order valence-electron chi connectivity index (χ0n) is 14.9. The van der Waals surface area contributed by atoms with Crippen molar-refractivity contribution >= 4 is 5.78 Å². The minimum absolute atomic E-state index is 0.114. The van der Waals surface area contributed by atoms with Gasteiger partial charge in [0, 0.05) is 17.2 Å². The quantitative estimate of drug-likeness (QED) is 0.670. The molecule has 0 N–H and O–H groups in total. The van der Waals surface area contributed by atoms with Crippen molar-refractivity contribution in [2.75, 3.05) is 7.11 Å². The van der Waals surface area contributed by atoms with Crippen molar-refractivity contribution in [3.8, 4) is 22.8 Å². The topological polar surface area (TPSA) is 78.6 Å². The highest BCUT2D eigenvalue weighted by atomic mass is 16.5. The molecule has 0 amide bonds. The first-order valence-electron chi connectivity index (χ1n) is 8.69. The van der Waals surface area contributed by atoms with Crippen LogP contribution in [0.5, 0.6) is 11.5 Å². The van der Waals surface area contributed by atoms with Crippen molar-refractivity contribution in [1.82, 2.24) is 19.6 Å². The molecule has 3 heterocycles. The van der Waals surface area contributed by atoms with E-state index in [1.165, 1.54) is 4.52 Å². The van der Waals surface area contributed by atoms with Gasteiger partial charge in [0.1, 0.15) is 28.5 Å². The molecule has 5 rings (SSSR count). The van der Waals surface area contributed by atoms with Crippen molar-refractivity contribution in [1.29, 1.82) is 0 Å². The lowest BCUT2D eigenvalue weighted by atomic mass is 9.94. The van der Waals surface area contributed by atoms with E-state index >= 15 is 0 Å². The van der Waals surface area contributed by atoms with E-state index in [-0.39, 0.29) is 5.56 Å². The van der Waals surface area contributed by atoms with E-state index in [1.54, 1.807) is 7.11 Å². The first-order chi connectivity index (χ1) is 12.5.